The Bertz CT molecular complexity index is 589. The maximum Gasteiger partial charge on any atom is 0.0592 e. The molecule has 36 heavy (non-hydrogen) atoms. The van der Waals surface area contributed by atoms with E-state index in [0.29, 0.717) is 43.2 Å². The average Bonchev–Trinajstić information content (AvgIpc) is 3.24. The molecule has 214 valence electrons. The minimum atomic E-state index is 0.0972. The van der Waals surface area contributed by atoms with Gasteiger partial charge < -0.3 is 37.3 Å². The van der Waals surface area contributed by atoms with Crippen molar-refractivity contribution in [3.8, 4) is 0 Å². The minimum Gasteiger partial charge on any atom is -0.396 e. The lowest BCUT2D eigenvalue weighted by molar-refractivity contribution is -0.134. The molecule has 4 aliphatic rings. The van der Waals surface area contributed by atoms with Crippen molar-refractivity contribution in [3.63, 3.8) is 0 Å². The fraction of sp³-hybridized carbons (Fsp3) is 1.00. The Morgan fingerprint density at radius 3 is 1.97 bits per heavy atom. The van der Waals surface area contributed by atoms with Crippen molar-refractivity contribution in [1.29, 1.82) is 0 Å². The molecule has 4 aliphatic carbocycles. The highest BCUT2D eigenvalue weighted by atomic mass is 16.5. The van der Waals surface area contributed by atoms with Crippen molar-refractivity contribution < 1.29 is 20.1 Å². The molecular formula is C29H59N3O4. The van der Waals surface area contributed by atoms with Gasteiger partial charge in [0.05, 0.1) is 25.9 Å². The van der Waals surface area contributed by atoms with E-state index in [1.807, 2.05) is 0 Å². The number of nitrogens with two attached hydrogens (primary N) is 3. The molecule has 0 aliphatic heterocycles. The summed E-state index contributed by atoms with van der Waals surface area (Å²) in [6.07, 6.45) is 16.7. The van der Waals surface area contributed by atoms with E-state index in [-0.39, 0.29) is 13.2 Å². The molecule has 4 rings (SSSR count). The van der Waals surface area contributed by atoms with Gasteiger partial charge in [0.1, 0.15) is 0 Å². The molecule has 0 spiro atoms. The maximum absolute atomic E-state index is 9.18. The first-order valence-electron chi connectivity index (χ1n) is 14.9. The van der Waals surface area contributed by atoms with E-state index >= 15 is 0 Å². The zero-order valence-electron chi connectivity index (χ0n) is 23.4. The molecule has 0 bridgehead atoms. The number of fused-ring (bicyclic) bond motifs is 5. The lowest BCUT2D eigenvalue weighted by Gasteiger charge is -2.61. The zero-order chi connectivity index (χ0) is 26.6. The van der Waals surface area contributed by atoms with Gasteiger partial charge in [-0.25, -0.2) is 0 Å². The molecule has 0 aromatic rings. The second kappa shape index (κ2) is 16.0. The van der Waals surface area contributed by atoms with Gasteiger partial charge in [0.25, 0.3) is 0 Å². The third-order valence-corrected chi connectivity index (χ3v) is 10.5. The van der Waals surface area contributed by atoms with E-state index in [4.69, 9.17) is 32.2 Å². The second-order valence-electron chi connectivity index (χ2n) is 12.3. The van der Waals surface area contributed by atoms with Crippen molar-refractivity contribution in [3.05, 3.63) is 0 Å². The molecular weight excluding hydrogens is 454 g/mol. The van der Waals surface area contributed by atoms with E-state index < -0.39 is 0 Å². The minimum absolute atomic E-state index is 0.0972. The Balaban J connectivity index is 0.000000501. The van der Waals surface area contributed by atoms with Crippen LogP contribution in [0.1, 0.15) is 90.9 Å². The highest BCUT2D eigenvalue weighted by Gasteiger charge is 2.59. The van der Waals surface area contributed by atoms with E-state index in [9.17, 15) is 5.11 Å². The van der Waals surface area contributed by atoms with Gasteiger partial charge in [0, 0.05) is 26.2 Å². The average molecular weight is 514 g/mol. The highest BCUT2D eigenvalue weighted by molar-refractivity contribution is 5.09. The van der Waals surface area contributed by atoms with Gasteiger partial charge in [-0.05, 0) is 111 Å². The summed E-state index contributed by atoms with van der Waals surface area (Å²) in [5.74, 6) is 4.68. The number of hydrogen-bond acceptors (Lipinski definition) is 7. The number of ether oxygens (including phenoxy) is 1. The number of unbranched alkanes of at least 4 members (excludes halogenated alkanes) is 1. The molecule has 0 amide bonds. The Hall–Kier alpha value is -0.280. The Morgan fingerprint density at radius 1 is 0.722 bits per heavy atom. The van der Waals surface area contributed by atoms with Gasteiger partial charge in [0.2, 0.25) is 0 Å². The van der Waals surface area contributed by atoms with E-state index in [0.717, 1.165) is 42.6 Å². The largest absolute Gasteiger partial charge is 0.396 e. The summed E-state index contributed by atoms with van der Waals surface area (Å²) in [5, 5.41) is 24.7. The van der Waals surface area contributed by atoms with Gasteiger partial charge in [-0.2, -0.15) is 0 Å². The van der Waals surface area contributed by atoms with Crippen molar-refractivity contribution in [2.45, 2.75) is 97.0 Å². The Morgan fingerprint density at radius 2 is 1.36 bits per heavy atom. The van der Waals surface area contributed by atoms with Crippen LogP contribution in [-0.4, -0.2) is 67.5 Å². The maximum atomic E-state index is 9.18. The molecule has 9 N–H and O–H groups in total. The van der Waals surface area contributed by atoms with Crippen LogP contribution in [0.5, 0.6) is 0 Å². The summed E-state index contributed by atoms with van der Waals surface area (Å²) < 4.78 is 6.07. The monoisotopic (exact) mass is 513 g/mol. The van der Waals surface area contributed by atoms with Gasteiger partial charge >= 0.3 is 0 Å². The van der Waals surface area contributed by atoms with E-state index in [1.54, 1.807) is 0 Å². The quantitative estimate of drug-likeness (QED) is 0.260. The van der Waals surface area contributed by atoms with Crippen molar-refractivity contribution in [1.82, 2.24) is 0 Å². The molecule has 4 unspecified atom stereocenters. The number of aliphatic hydroxyl groups is 3. The van der Waals surface area contributed by atoms with Crippen LogP contribution >= 0.6 is 0 Å². The van der Waals surface area contributed by atoms with Crippen molar-refractivity contribution in [2.24, 2.45) is 57.6 Å². The molecule has 0 aromatic heterocycles. The second-order valence-corrected chi connectivity index (χ2v) is 12.3. The summed E-state index contributed by atoms with van der Waals surface area (Å²) >= 11 is 0. The SMILES string of the molecule is C[C@]12CC[C@@H](OCCN)CC1CCC1C2CC[C@@]2(C)C1CC[C@@H]2CCCCO.NCCO.NCCO. The standard InChI is InChI=1S/C25H45NO2.2C2H7NO/c1-24-13-11-23-21(22(24)9-7-18(24)5-3-4-15-27)8-6-19-17-20(28-16-14-26)10-12-25(19,23)2;2*3-1-2-4/h18-23,27H,3-17,26H2,1-2H3;2*4H,1-3H2/t18-,19?,20+,21?,22?,23?,24+,25-;;/m0../s1. The smallest absolute Gasteiger partial charge is 0.0592 e. The van der Waals surface area contributed by atoms with E-state index in [1.165, 1.54) is 70.6 Å². The van der Waals surface area contributed by atoms with Crippen LogP contribution in [0.25, 0.3) is 0 Å². The molecule has 7 nitrogen and oxygen atoms in total. The lowest BCUT2D eigenvalue weighted by Crippen LogP contribution is -2.54. The molecule has 4 fully saturated rings. The molecule has 0 saturated heterocycles. The lowest BCUT2D eigenvalue weighted by atomic mass is 9.44. The van der Waals surface area contributed by atoms with Crippen molar-refractivity contribution in [2.75, 3.05) is 46.1 Å². The highest BCUT2D eigenvalue weighted by Crippen LogP contribution is 2.68. The first kappa shape index (κ1) is 31.9. The van der Waals surface area contributed by atoms with Gasteiger partial charge in [-0.3, -0.25) is 0 Å². The van der Waals surface area contributed by atoms with Crippen molar-refractivity contribution >= 4 is 0 Å². The summed E-state index contributed by atoms with van der Waals surface area (Å²) in [6, 6.07) is 0. The third-order valence-electron chi connectivity index (χ3n) is 10.5. The van der Waals surface area contributed by atoms with Crippen LogP contribution in [-0.2, 0) is 4.74 Å². The predicted molar refractivity (Wildman–Crippen MR) is 147 cm³/mol. The van der Waals surface area contributed by atoms with Crippen LogP contribution in [0.2, 0.25) is 0 Å². The summed E-state index contributed by atoms with van der Waals surface area (Å²) in [5.41, 5.74) is 16.4. The normalized spacial score (nSPS) is 39.0. The summed E-state index contributed by atoms with van der Waals surface area (Å²) in [6.45, 7) is 8.01. The molecule has 0 heterocycles. The first-order valence-corrected chi connectivity index (χ1v) is 14.9. The van der Waals surface area contributed by atoms with Crippen LogP contribution in [0.4, 0.5) is 0 Å². The van der Waals surface area contributed by atoms with Gasteiger partial charge in [0.15, 0.2) is 0 Å². The Kier molecular flexibility index (Phi) is 14.2. The fourth-order valence-corrected chi connectivity index (χ4v) is 8.69. The van der Waals surface area contributed by atoms with Gasteiger partial charge in [-0.15, -0.1) is 0 Å². The predicted octanol–water partition coefficient (Wildman–Crippen LogP) is 3.03. The number of rotatable bonds is 9. The van der Waals surface area contributed by atoms with Gasteiger partial charge in [-0.1, -0.05) is 20.3 Å². The van der Waals surface area contributed by atoms with E-state index in [2.05, 4.69) is 13.8 Å². The molecule has 4 saturated carbocycles. The number of aliphatic hydroxyl groups excluding tert-OH is 3. The molecule has 0 aromatic carbocycles. The Labute approximate surface area is 220 Å². The number of hydrogen-bond donors (Lipinski definition) is 6. The van der Waals surface area contributed by atoms with Crippen LogP contribution < -0.4 is 17.2 Å². The summed E-state index contributed by atoms with van der Waals surface area (Å²) in [4.78, 5) is 0. The molecule has 0 radical (unpaired) electrons. The fourth-order valence-electron chi connectivity index (χ4n) is 8.69. The van der Waals surface area contributed by atoms with Crippen LogP contribution in [0, 0.1) is 40.4 Å². The third kappa shape index (κ3) is 7.64. The summed E-state index contributed by atoms with van der Waals surface area (Å²) in [7, 11) is 0. The topological polar surface area (TPSA) is 148 Å². The molecule has 7 heteroatoms. The zero-order valence-corrected chi connectivity index (χ0v) is 23.4. The van der Waals surface area contributed by atoms with Crippen LogP contribution in [0.3, 0.4) is 0 Å². The van der Waals surface area contributed by atoms with Crippen LogP contribution in [0.15, 0.2) is 0 Å². The molecule has 8 atom stereocenters. The first-order chi connectivity index (χ1) is 17.4.